The van der Waals surface area contributed by atoms with Crippen LogP contribution in [0.25, 0.3) is 0 Å². The number of aryl methyl sites for hydroxylation is 1. The second-order valence-electron chi connectivity index (χ2n) is 8.15. The molecule has 2 heterocycles. The molecule has 2 aliphatic rings. The topological polar surface area (TPSA) is 45.1 Å². The van der Waals surface area contributed by atoms with Crippen LogP contribution < -0.4 is 4.74 Å². The first-order chi connectivity index (χ1) is 15.6. The highest BCUT2D eigenvalue weighted by Gasteiger charge is 2.26. The van der Waals surface area contributed by atoms with Crippen molar-refractivity contribution in [1.82, 2.24) is 9.80 Å². The van der Waals surface area contributed by atoms with Gasteiger partial charge in [-0.15, -0.1) is 0 Å². The van der Waals surface area contributed by atoms with Crippen LogP contribution in [0, 0.1) is 6.92 Å². The van der Waals surface area contributed by atoms with Crippen molar-refractivity contribution in [2.45, 2.75) is 13.3 Å². The number of amides is 1. The molecule has 0 saturated carbocycles. The fourth-order valence-electron chi connectivity index (χ4n) is 4.21. The lowest BCUT2D eigenvalue weighted by molar-refractivity contribution is 0.0764. The normalized spacial score (nSPS) is 15.6. The van der Waals surface area contributed by atoms with Crippen molar-refractivity contribution in [3.63, 3.8) is 0 Å². The molecule has 0 aromatic heterocycles. The van der Waals surface area contributed by atoms with E-state index in [4.69, 9.17) is 21.3 Å². The third kappa shape index (κ3) is 4.08. The molecular weight excluding hydrogens is 422 g/mol. The first-order valence-corrected chi connectivity index (χ1v) is 11.2. The van der Waals surface area contributed by atoms with Gasteiger partial charge in [-0.3, -0.25) is 4.79 Å². The SMILES string of the molecule is Cc1ccc2c(c1)C(N1CCCN(C(=O)c3cccc(Cl)c3)CC1)=Nc1ccccc1O2. The van der Waals surface area contributed by atoms with Crippen molar-refractivity contribution in [3.05, 3.63) is 88.4 Å². The summed E-state index contributed by atoms with van der Waals surface area (Å²) in [5.41, 5.74) is 3.57. The van der Waals surface area contributed by atoms with Crippen LogP contribution in [0.1, 0.15) is 27.9 Å². The molecule has 32 heavy (non-hydrogen) atoms. The highest BCUT2D eigenvalue weighted by Crippen LogP contribution is 2.38. The Balaban J connectivity index is 1.45. The van der Waals surface area contributed by atoms with Gasteiger partial charge in [0, 0.05) is 36.8 Å². The summed E-state index contributed by atoms with van der Waals surface area (Å²) in [6.07, 6.45) is 0.856. The van der Waals surface area contributed by atoms with Gasteiger partial charge in [0.2, 0.25) is 0 Å². The van der Waals surface area contributed by atoms with Crippen molar-refractivity contribution in [3.8, 4) is 11.5 Å². The lowest BCUT2D eigenvalue weighted by Crippen LogP contribution is -2.37. The lowest BCUT2D eigenvalue weighted by Gasteiger charge is -2.25. The quantitative estimate of drug-likeness (QED) is 0.484. The standard InChI is InChI=1S/C26H24ClN3O2/c1-18-10-11-23-21(16-18)25(28-22-8-2-3-9-24(22)32-23)29-12-5-13-30(15-14-29)26(31)19-6-4-7-20(27)17-19/h2-4,6-11,16-17H,5,12-15H2,1H3. The van der Waals surface area contributed by atoms with E-state index >= 15 is 0 Å². The number of carbonyl (C=O) groups is 1. The Hall–Kier alpha value is -3.31. The average Bonchev–Trinajstić information content (AvgIpc) is 3.13. The predicted molar refractivity (Wildman–Crippen MR) is 127 cm³/mol. The molecule has 0 aliphatic carbocycles. The van der Waals surface area contributed by atoms with Gasteiger partial charge < -0.3 is 14.5 Å². The highest BCUT2D eigenvalue weighted by atomic mass is 35.5. The fourth-order valence-corrected chi connectivity index (χ4v) is 4.40. The van der Waals surface area contributed by atoms with Gasteiger partial charge >= 0.3 is 0 Å². The maximum atomic E-state index is 13.0. The van der Waals surface area contributed by atoms with E-state index in [0.29, 0.717) is 30.2 Å². The van der Waals surface area contributed by atoms with E-state index in [2.05, 4.69) is 24.0 Å². The van der Waals surface area contributed by atoms with Gasteiger partial charge in [-0.2, -0.15) is 0 Å². The largest absolute Gasteiger partial charge is 0.454 e. The summed E-state index contributed by atoms with van der Waals surface area (Å²) in [5.74, 6) is 2.46. The Bertz CT molecular complexity index is 1210. The molecule has 0 radical (unpaired) electrons. The third-order valence-corrected chi connectivity index (χ3v) is 6.08. The highest BCUT2D eigenvalue weighted by molar-refractivity contribution is 6.30. The van der Waals surface area contributed by atoms with E-state index in [1.165, 1.54) is 0 Å². The number of fused-ring (bicyclic) bond motifs is 2. The minimum atomic E-state index is 0.0158. The van der Waals surface area contributed by atoms with Gasteiger partial charge in [0.25, 0.3) is 5.91 Å². The Morgan fingerprint density at radius 2 is 1.81 bits per heavy atom. The Kier molecular flexibility index (Phi) is 5.58. The second kappa shape index (κ2) is 8.67. The molecule has 0 N–H and O–H groups in total. The lowest BCUT2D eigenvalue weighted by atomic mass is 10.1. The minimum absolute atomic E-state index is 0.0158. The zero-order chi connectivity index (χ0) is 22.1. The molecule has 1 amide bonds. The Labute approximate surface area is 192 Å². The molecule has 0 unspecified atom stereocenters. The molecule has 3 aromatic rings. The number of rotatable bonds is 1. The molecule has 162 valence electrons. The maximum Gasteiger partial charge on any atom is 0.253 e. The van der Waals surface area contributed by atoms with E-state index < -0.39 is 0 Å². The van der Waals surface area contributed by atoms with Gasteiger partial charge in [0.05, 0.1) is 5.56 Å². The van der Waals surface area contributed by atoms with Crippen LogP contribution in [0.5, 0.6) is 11.5 Å². The number of amidine groups is 1. The molecular formula is C26H24ClN3O2. The Morgan fingerprint density at radius 1 is 0.938 bits per heavy atom. The first-order valence-electron chi connectivity index (χ1n) is 10.8. The number of ether oxygens (including phenoxy) is 1. The number of halogens is 1. The molecule has 3 aromatic carbocycles. The van der Waals surface area contributed by atoms with Gasteiger partial charge in [-0.1, -0.05) is 41.4 Å². The van der Waals surface area contributed by atoms with E-state index in [1.807, 2.05) is 47.4 Å². The second-order valence-corrected chi connectivity index (χ2v) is 8.58. The summed E-state index contributed by atoms with van der Waals surface area (Å²) in [4.78, 5) is 22.3. The van der Waals surface area contributed by atoms with Crippen molar-refractivity contribution < 1.29 is 9.53 Å². The first kappa shape index (κ1) is 20.6. The van der Waals surface area contributed by atoms with Crippen LogP contribution in [0.4, 0.5) is 5.69 Å². The summed E-state index contributed by atoms with van der Waals surface area (Å²) < 4.78 is 6.22. The maximum absolute atomic E-state index is 13.0. The van der Waals surface area contributed by atoms with Crippen LogP contribution in [-0.2, 0) is 0 Å². The summed E-state index contributed by atoms with van der Waals surface area (Å²) in [6.45, 7) is 4.90. The van der Waals surface area contributed by atoms with E-state index in [9.17, 15) is 4.79 Å². The summed E-state index contributed by atoms with van der Waals surface area (Å²) in [6, 6.07) is 21.2. The van der Waals surface area contributed by atoms with Crippen LogP contribution in [0.2, 0.25) is 5.02 Å². The number of para-hydroxylation sites is 2. The van der Waals surface area contributed by atoms with Crippen LogP contribution in [0.3, 0.4) is 0 Å². The van der Waals surface area contributed by atoms with Gasteiger partial charge in [-0.25, -0.2) is 4.99 Å². The van der Waals surface area contributed by atoms with Crippen molar-refractivity contribution >= 4 is 29.0 Å². The summed E-state index contributed by atoms with van der Waals surface area (Å²) >= 11 is 6.10. The number of benzene rings is 3. The summed E-state index contributed by atoms with van der Waals surface area (Å²) in [5, 5.41) is 0.575. The number of hydrogen-bond acceptors (Lipinski definition) is 4. The predicted octanol–water partition coefficient (Wildman–Crippen LogP) is 5.68. The molecule has 1 saturated heterocycles. The van der Waals surface area contributed by atoms with Crippen molar-refractivity contribution in [1.29, 1.82) is 0 Å². The minimum Gasteiger partial charge on any atom is -0.454 e. The van der Waals surface area contributed by atoms with E-state index in [1.54, 1.807) is 12.1 Å². The molecule has 0 spiro atoms. The molecule has 6 heteroatoms. The fraction of sp³-hybridized carbons (Fsp3) is 0.231. The molecule has 0 atom stereocenters. The average molecular weight is 446 g/mol. The molecule has 5 nitrogen and oxygen atoms in total. The van der Waals surface area contributed by atoms with E-state index in [0.717, 1.165) is 47.1 Å². The number of nitrogens with zero attached hydrogens (tertiary/aromatic N) is 3. The zero-order valence-electron chi connectivity index (χ0n) is 17.9. The Morgan fingerprint density at radius 3 is 2.69 bits per heavy atom. The molecule has 0 bridgehead atoms. The van der Waals surface area contributed by atoms with Gasteiger partial charge in [0.15, 0.2) is 5.75 Å². The summed E-state index contributed by atoms with van der Waals surface area (Å²) in [7, 11) is 0. The van der Waals surface area contributed by atoms with Crippen LogP contribution in [0.15, 0.2) is 71.7 Å². The van der Waals surface area contributed by atoms with E-state index in [-0.39, 0.29) is 5.91 Å². The van der Waals surface area contributed by atoms with Crippen molar-refractivity contribution in [2.24, 2.45) is 4.99 Å². The van der Waals surface area contributed by atoms with Gasteiger partial charge in [0.1, 0.15) is 17.3 Å². The van der Waals surface area contributed by atoms with Crippen molar-refractivity contribution in [2.75, 3.05) is 26.2 Å². The van der Waals surface area contributed by atoms with Gasteiger partial charge in [-0.05, 0) is 55.8 Å². The number of aliphatic imine (C=N–C) groups is 1. The monoisotopic (exact) mass is 445 g/mol. The molecule has 2 aliphatic heterocycles. The molecule has 1 fully saturated rings. The number of carbonyl (C=O) groups excluding carboxylic acids is 1. The van der Waals surface area contributed by atoms with Crippen LogP contribution in [-0.4, -0.2) is 47.7 Å². The van der Waals surface area contributed by atoms with Crippen LogP contribution >= 0.6 is 11.6 Å². The number of hydrogen-bond donors (Lipinski definition) is 0. The molecule has 5 rings (SSSR count). The zero-order valence-corrected chi connectivity index (χ0v) is 18.7. The smallest absolute Gasteiger partial charge is 0.253 e. The third-order valence-electron chi connectivity index (χ3n) is 5.84.